The Balaban J connectivity index is 1.76. The van der Waals surface area contributed by atoms with Gasteiger partial charge in [-0.2, -0.15) is 17.0 Å². The maximum absolute atomic E-state index is 12.9. The highest BCUT2D eigenvalue weighted by molar-refractivity contribution is 7.86. The average Bonchev–Trinajstić information content (AvgIpc) is 2.76. The van der Waals surface area contributed by atoms with Gasteiger partial charge in [-0.15, -0.1) is 0 Å². The summed E-state index contributed by atoms with van der Waals surface area (Å²) in [4.78, 5) is 28.3. The number of carbonyl (C=O) groups is 1. The van der Waals surface area contributed by atoms with Crippen molar-refractivity contribution in [2.45, 2.75) is 51.6 Å². The summed E-state index contributed by atoms with van der Waals surface area (Å²) >= 11 is 0. The van der Waals surface area contributed by atoms with Crippen LogP contribution in [-0.2, 0) is 28.0 Å². The number of nitrogens with zero attached hydrogens (tertiary/aromatic N) is 6. The molecule has 4 rings (SSSR count). The molecule has 2 aromatic rings. The van der Waals surface area contributed by atoms with Gasteiger partial charge in [-0.25, -0.2) is 9.97 Å². The number of aryl methyl sites for hydroxylation is 1. The van der Waals surface area contributed by atoms with E-state index in [0.717, 1.165) is 29.8 Å². The summed E-state index contributed by atoms with van der Waals surface area (Å²) < 4.78 is 28.6. The predicted octanol–water partition coefficient (Wildman–Crippen LogP) is 1.99. The van der Waals surface area contributed by atoms with Gasteiger partial charge in [0.05, 0.1) is 18.3 Å². The molecule has 2 aromatic heterocycles. The van der Waals surface area contributed by atoms with E-state index < -0.39 is 16.3 Å². The smallest absolute Gasteiger partial charge is 0.282 e. The van der Waals surface area contributed by atoms with Crippen LogP contribution in [0.4, 0.5) is 5.82 Å². The molecule has 0 N–H and O–H groups in total. The van der Waals surface area contributed by atoms with Crippen molar-refractivity contribution < 1.29 is 13.2 Å². The van der Waals surface area contributed by atoms with Crippen LogP contribution in [0.25, 0.3) is 0 Å². The number of amides is 1. The quantitative estimate of drug-likeness (QED) is 0.699. The third kappa shape index (κ3) is 4.19. The lowest BCUT2D eigenvalue weighted by molar-refractivity contribution is -0.119. The Morgan fingerprint density at radius 2 is 1.97 bits per heavy atom. The van der Waals surface area contributed by atoms with Crippen LogP contribution in [0.2, 0.25) is 0 Å². The lowest BCUT2D eigenvalue weighted by Gasteiger charge is -2.36. The van der Waals surface area contributed by atoms with Crippen LogP contribution in [0.15, 0.2) is 24.4 Å². The molecule has 166 valence electrons. The van der Waals surface area contributed by atoms with E-state index in [1.54, 1.807) is 11.1 Å². The number of rotatable bonds is 5. The first-order valence-corrected chi connectivity index (χ1v) is 12.0. The van der Waals surface area contributed by atoms with Gasteiger partial charge in [0, 0.05) is 44.5 Å². The van der Waals surface area contributed by atoms with Gasteiger partial charge in [0.2, 0.25) is 5.91 Å². The zero-order valence-electron chi connectivity index (χ0n) is 18.2. The zero-order chi connectivity index (χ0) is 22.2. The summed E-state index contributed by atoms with van der Waals surface area (Å²) in [5, 5.41) is 0. The number of fused-ring (bicyclic) bond motifs is 1. The van der Waals surface area contributed by atoms with Crippen molar-refractivity contribution in [1.82, 2.24) is 23.6 Å². The second-order valence-corrected chi connectivity index (χ2v) is 10.3. The van der Waals surface area contributed by atoms with Gasteiger partial charge in [-0.3, -0.25) is 14.7 Å². The Labute approximate surface area is 183 Å². The van der Waals surface area contributed by atoms with Gasteiger partial charge >= 0.3 is 0 Å². The van der Waals surface area contributed by atoms with E-state index in [2.05, 4.69) is 4.98 Å². The monoisotopic (exact) mass is 444 g/mol. The van der Waals surface area contributed by atoms with Crippen LogP contribution >= 0.6 is 0 Å². The lowest BCUT2D eigenvalue weighted by atomic mass is 10.0. The van der Waals surface area contributed by atoms with Crippen LogP contribution in [0.5, 0.6) is 0 Å². The van der Waals surface area contributed by atoms with Crippen LogP contribution in [0.3, 0.4) is 0 Å². The molecule has 4 heterocycles. The Morgan fingerprint density at radius 3 is 2.68 bits per heavy atom. The second kappa shape index (κ2) is 8.60. The molecule has 9 nitrogen and oxygen atoms in total. The molecule has 0 spiro atoms. The molecule has 0 radical (unpaired) electrons. The second-order valence-electron chi connectivity index (χ2n) is 8.18. The highest BCUT2D eigenvalue weighted by Gasteiger charge is 2.38. The highest BCUT2D eigenvalue weighted by Crippen LogP contribution is 2.36. The standard InChI is InChI=1S/C21H28N6O3S/c1-15-17-10-11-19(28)26(14-16-8-4-6-12-22-16)21(17)24-20(23-15)18-9-5-7-13-27(18)31(29,30)25(2)3/h4,6,8,12,18H,5,7,9-11,13-14H2,1-3H3/t18-/m0/s1. The van der Waals surface area contributed by atoms with Gasteiger partial charge in [-0.1, -0.05) is 12.5 Å². The number of carbonyl (C=O) groups excluding carboxylic acids is 1. The fraction of sp³-hybridized carbons (Fsp3) is 0.524. The minimum Gasteiger partial charge on any atom is -0.290 e. The first kappa shape index (κ1) is 21.8. The largest absolute Gasteiger partial charge is 0.290 e. The van der Waals surface area contributed by atoms with E-state index in [1.165, 1.54) is 22.7 Å². The molecule has 2 aliphatic rings. The maximum atomic E-state index is 12.9. The molecule has 1 atom stereocenters. The first-order chi connectivity index (χ1) is 14.8. The first-order valence-electron chi connectivity index (χ1n) is 10.6. The lowest BCUT2D eigenvalue weighted by Crippen LogP contribution is -2.45. The number of piperidine rings is 1. The zero-order valence-corrected chi connectivity index (χ0v) is 19.0. The molecule has 0 aromatic carbocycles. The number of hydrogen-bond donors (Lipinski definition) is 0. The number of aromatic nitrogens is 3. The number of pyridine rings is 1. The third-order valence-corrected chi connectivity index (χ3v) is 7.86. The van der Waals surface area contributed by atoms with E-state index in [4.69, 9.17) is 9.97 Å². The summed E-state index contributed by atoms with van der Waals surface area (Å²) in [5.74, 6) is 1.03. The van der Waals surface area contributed by atoms with Crippen molar-refractivity contribution in [3.8, 4) is 0 Å². The van der Waals surface area contributed by atoms with Crippen molar-refractivity contribution in [3.63, 3.8) is 0 Å². The van der Waals surface area contributed by atoms with Crippen LogP contribution in [-0.4, -0.2) is 58.5 Å². The normalized spacial score (nSPS) is 20.2. The molecule has 0 unspecified atom stereocenters. The Bertz CT molecular complexity index is 1070. The van der Waals surface area contributed by atoms with Crippen LogP contribution < -0.4 is 4.90 Å². The topological polar surface area (TPSA) is 99.6 Å². The van der Waals surface area contributed by atoms with Gasteiger partial charge in [0.1, 0.15) is 11.6 Å². The van der Waals surface area contributed by atoms with E-state index in [9.17, 15) is 13.2 Å². The molecule has 0 aliphatic carbocycles. The fourth-order valence-corrected chi connectivity index (χ4v) is 5.52. The van der Waals surface area contributed by atoms with Gasteiger partial charge < -0.3 is 0 Å². The van der Waals surface area contributed by atoms with Crippen LogP contribution in [0.1, 0.15) is 54.5 Å². The maximum Gasteiger partial charge on any atom is 0.282 e. The third-order valence-electron chi connectivity index (χ3n) is 5.91. The average molecular weight is 445 g/mol. The predicted molar refractivity (Wildman–Crippen MR) is 116 cm³/mol. The van der Waals surface area contributed by atoms with Crippen molar-refractivity contribution in [1.29, 1.82) is 0 Å². The summed E-state index contributed by atoms with van der Waals surface area (Å²) in [6.07, 6.45) is 5.04. The van der Waals surface area contributed by atoms with E-state index in [0.29, 0.717) is 44.0 Å². The minimum absolute atomic E-state index is 0.0105. The Morgan fingerprint density at radius 1 is 1.16 bits per heavy atom. The van der Waals surface area contributed by atoms with Gasteiger partial charge in [0.15, 0.2) is 0 Å². The Hall–Kier alpha value is -2.43. The van der Waals surface area contributed by atoms with Gasteiger partial charge in [-0.05, 0) is 38.3 Å². The van der Waals surface area contributed by atoms with Crippen molar-refractivity contribution in [2.24, 2.45) is 0 Å². The highest BCUT2D eigenvalue weighted by atomic mass is 32.2. The fourth-order valence-electron chi connectivity index (χ4n) is 4.22. The van der Waals surface area contributed by atoms with E-state index >= 15 is 0 Å². The number of hydrogen-bond acceptors (Lipinski definition) is 6. The van der Waals surface area contributed by atoms with Gasteiger partial charge in [0.25, 0.3) is 10.2 Å². The molecule has 31 heavy (non-hydrogen) atoms. The molecule has 1 amide bonds. The van der Waals surface area contributed by atoms with Crippen LogP contribution in [0, 0.1) is 6.92 Å². The van der Waals surface area contributed by atoms with Crippen molar-refractivity contribution in [3.05, 3.63) is 47.2 Å². The molecule has 0 bridgehead atoms. The minimum atomic E-state index is -3.61. The number of anilines is 1. The molecule has 1 saturated heterocycles. The molecular weight excluding hydrogens is 416 g/mol. The van der Waals surface area contributed by atoms with Crippen molar-refractivity contribution >= 4 is 21.9 Å². The summed E-state index contributed by atoms with van der Waals surface area (Å²) in [6, 6.07) is 5.16. The van der Waals surface area contributed by atoms with E-state index in [1.807, 2.05) is 25.1 Å². The molecule has 1 fully saturated rings. The molecule has 2 aliphatic heterocycles. The molecule has 10 heteroatoms. The summed E-state index contributed by atoms with van der Waals surface area (Å²) in [5.41, 5.74) is 2.51. The molecule has 0 saturated carbocycles. The molecular formula is C21H28N6O3S. The SMILES string of the molecule is Cc1nc([C@@H]2CCCCN2S(=O)(=O)N(C)C)nc2c1CCC(=O)N2Cc1ccccn1. The van der Waals surface area contributed by atoms with Crippen molar-refractivity contribution in [2.75, 3.05) is 25.5 Å². The Kier molecular flexibility index (Phi) is 6.05. The van der Waals surface area contributed by atoms with E-state index in [-0.39, 0.29) is 5.91 Å². The summed E-state index contributed by atoms with van der Waals surface area (Å²) in [6.45, 7) is 2.67. The summed E-state index contributed by atoms with van der Waals surface area (Å²) in [7, 11) is -0.538.